The molecular formula is C10H14N2O3S. The molecule has 16 heavy (non-hydrogen) atoms. The van der Waals surface area contributed by atoms with Gasteiger partial charge in [0.25, 0.3) is 5.91 Å². The Labute approximate surface area is 97.6 Å². The van der Waals surface area contributed by atoms with E-state index in [0.717, 1.165) is 4.88 Å². The van der Waals surface area contributed by atoms with Crippen molar-refractivity contribution < 1.29 is 14.3 Å². The molecule has 6 heteroatoms. The summed E-state index contributed by atoms with van der Waals surface area (Å²) in [7, 11) is 1.31. The molecule has 0 aliphatic carbocycles. The summed E-state index contributed by atoms with van der Waals surface area (Å²) in [6, 6.07) is 1.63. The zero-order chi connectivity index (χ0) is 12.1. The summed E-state index contributed by atoms with van der Waals surface area (Å²) in [4.78, 5) is 23.8. The molecule has 1 rings (SSSR count). The summed E-state index contributed by atoms with van der Waals surface area (Å²) in [5.41, 5.74) is 6.25. The molecule has 0 fully saturated rings. The third-order valence-electron chi connectivity index (χ3n) is 2.02. The van der Waals surface area contributed by atoms with Crippen LogP contribution in [-0.4, -0.2) is 25.5 Å². The number of hydrogen-bond acceptors (Lipinski definition) is 5. The van der Waals surface area contributed by atoms with Crippen molar-refractivity contribution in [2.45, 2.75) is 13.3 Å². The van der Waals surface area contributed by atoms with Crippen molar-refractivity contribution in [2.75, 3.05) is 19.4 Å². The van der Waals surface area contributed by atoms with Crippen molar-refractivity contribution in [1.82, 2.24) is 5.32 Å². The highest BCUT2D eigenvalue weighted by atomic mass is 32.1. The first-order valence-corrected chi connectivity index (χ1v) is 5.57. The maximum atomic E-state index is 11.6. The Morgan fingerprint density at radius 3 is 2.75 bits per heavy atom. The molecule has 0 unspecified atom stereocenters. The van der Waals surface area contributed by atoms with E-state index in [2.05, 4.69) is 10.1 Å². The van der Waals surface area contributed by atoms with Gasteiger partial charge >= 0.3 is 5.97 Å². The Hall–Kier alpha value is -1.56. The summed E-state index contributed by atoms with van der Waals surface area (Å²) < 4.78 is 4.45. The lowest BCUT2D eigenvalue weighted by Gasteiger charge is -2.01. The maximum absolute atomic E-state index is 11.6. The molecule has 0 saturated heterocycles. The van der Waals surface area contributed by atoms with Gasteiger partial charge in [0.15, 0.2) is 0 Å². The molecule has 0 bridgehead atoms. The van der Waals surface area contributed by atoms with Crippen LogP contribution in [0.25, 0.3) is 0 Å². The zero-order valence-corrected chi connectivity index (χ0v) is 10.0. The molecule has 0 radical (unpaired) electrons. The van der Waals surface area contributed by atoms with E-state index in [-0.39, 0.29) is 24.8 Å². The maximum Gasteiger partial charge on any atom is 0.307 e. The molecular weight excluding hydrogens is 228 g/mol. The van der Waals surface area contributed by atoms with Gasteiger partial charge in [-0.2, -0.15) is 0 Å². The Morgan fingerprint density at radius 1 is 1.56 bits per heavy atom. The second-order valence-corrected chi connectivity index (χ2v) is 4.46. The number of nitrogens with one attached hydrogen (secondary N) is 1. The molecule has 5 nitrogen and oxygen atoms in total. The molecule has 0 aliphatic heterocycles. The number of anilines is 1. The lowest BCUT2D eigenvalue weighted by atomic mass is 10.3. The fourth-order valence-electron chi connectivity index (χ4n) is 1.08. The van der Waals surface area contributed by atoms with E-state index in [1.165, 1.54) is 18.4 Å². The lowest BCUT2D eigenvalue weighted by Crippen LogP contribution is -2.25. The van der Waals surface area contributed by atoms with Gasteiger partial charge in [0.2, 0.25) is 0 Å². The van der Waals surface area contributed by atoms with Crippen LogP contribution in [0.4, 0.5) is 5.69 Å². The first kappa shape index (κ1) is 12.5. The van der Waals surface area contributed by atoms with E-state index in [1.54, 1.807) is 6.07 Å². The predicted molar refractivity (Wildman–Crippen MR) is 62.4 cm³/mol. The molecule has 0 aliphatic rings. The van der Waals surface area contributed by atoms with Crippen molar-refractivity contribution in [1.29, 1.82) is 0 Å². The molecule has 1 aromatic rings. The summed E-state index contributed by atoms with van der Waals surface area (Å²) >= 11 is 1.33. The van der Waals surface area contributed by atoms with Crippen LogP contribution < -0.4 is 11.1 Å². The number of hydrogen-bond donors (Lipinski definition) is 2. The quantitative estimate of drug-likeness (QED) is 0.770. The Balaban J connectivity index is 2.44. The fourth-order valence-corrected chi connectivity index (χ4v) is 1.93. The van der Waals surface area contributed by atoms with Gasteiger partial charge in [-0.25, -0.2) is 0 Å². The monoisotopic (exact) mass is 242 g/mol. The van der Waals surface area contributed by atoms with Gasteiger partial charge in [-0.3, -0.25) is 9.59 Å². The number of methoxy groups -OCH3 is 1. The molecule has 1 amide bonds. The Kier molecular flexibility index (Phi) is 4.30. The molecule has 3 N–H and O–H groups in total. The van der Waals surface area contributed by atoms with E-state index < -0.39 is 0 Å². The van der Waals surface area contributed by atoms with Crippen LogP contribution in [0.5, 0.6) is 0 Å². The van der Waals surface area contributed by atoms with Crippen LogP contribution in [0, 0.1) is 6.92 Å². The van der Waals surface area contributed by atoms with Crippen LogP contribution in [-0.2, 0) is 9.53 Å². The summed E-state index contributed by atoms with van der Waals surface area (Å²) in [5.74, 6) is -0.559. The minimum Gasteiger partial charge on any atom is -0.469 e. The SMILES string of the molecule is COC(=O)CCNC(=O)c1cc(N)c(C)s1. The van der Waals surface area contributed by atoms with Crippen LogP contribution in [0.15, 0.2) is 6.07 Å². The number of nitrogen functional groups attached to an aromatic ring is 1. The van der Waals surface area contributed by atoms with E-state index in [9.17, 15) is 9.59 Å². The number of esters is 1. The average Bonchev–Trinajstić information content (AvgIpc) is 2.59. The number of carbonyl (C=O) groups is 2. The fraction of sp³-hybridized carbons (Fsp3) is 0.400. The van der Waals surface area contributed by atoms with E-state index in [0.29, 0.717) is 10.6 Å². The van der Waals surface area contributed by atoms with Gasteiger partial charge in [-0.05, 0) is 13.0 Å². The van der Waals surface area contributed by atoms with Crippen LogP contribution >= 0.6 is 11.3 Å². The van der Waals surface area contributed by atoms with Crippen molar-refractivity contribution in [3.63, 3.8) is 0 Å². The van der Waals surface area contributed by atoms with Gasteiger partial charge in [-0.1, -0.05) is 0 Å². The number of nitrogens with two attached hydrogens (primary N) is 1. The third-order valence-corrected chi connectivity index (χ3v) is 3.09. The number of aryl methyl sites for hydroxylation is 1. The minimum atomic E-state index is -0.345. The molecule has 0 atom stereocenters. The standard InChI is InChI=1S/C10H14N2O3S/c1-6-7(11)5-8(16-6)10(14)12-4-3-9(13)15-2/h5H,3-4,11H2,1-2H3,(H,12,14). The highest BCUT2D eigenvalue weighted by Gasteiger charge is 2.10. The largest absolute Gasteiger partial charge is 0.469 e. The Morgan fingerprint density at radius 2 is 2.25 bits per heavy atom. The average molecular weight is 242 g/mol. The molecule has 0 saturated carbocycles. The molecule has 88 valence electrons. The highest BCUT2D eigenvalue weighted by molar-refractivity contribution is 7.14. The topological polar surface area (TPSA) is 81.4 Å². The highest BCUT2D eigenvalue weighted by Crippen LogP contribution is 2.22. The van der Waals surface area contributed by atoms with Crippen LogP contribution in [0.2, 0.25) is 0 Å². The van der Waals surface area contributed by atoms with Crippen molar-refractivity contribution >= 4 is 28.9 Å². The minimum absolute atomic E-state index is 0.169. The number of amides is 1. The molecule has 1 heterocycles. The van der Waals surface area contributed by atoms with Gasteiger partial charge in [0.05, 0.1) is 18.4 Å². The Bertz CT molecular complexity index is 381. The first-order valence-electron chi connectivity index (χ1n) is 4.75. The predicted octanol–water partition coefficient (Wildman–Crippen LogP) is 0.932. The van der Waals surface area contributed by atoms with Crippen LogP contribution in [0.3, 0.4) is 0 Å². The summed E-state index contributed by atoms with van der Waals surface area (Å²) in [6.07, 6.45) is 0.169. The molecule has 0 spiro atoms. The second kappa shape index (κ2) is 5.50. The number of rotatable bonds is 4. The van der Waals surface area contributed by atoms with Gasteiger partial charge in [0, 0.05) is 17.1 Å². The number of carbonyl (C=O) groups excluding carboxylic acids is 2. The summed E-state index contributed by atoms with van der Waals surface area (Å²) in [6.45, 7) is 2.12. The van der Waals surface area contributed by atoms with Crippen LogP contribution in [0.1, 0.15) is 21.0 Å². The summed E-state index contributed by atoms with van der Waals surface area (Å²) in [5, 5.41) is 2.62. The zero-order valence-electron chi connectivity index (χ0n) is 9.20. The number of thiophene rings is 1. The van der Waals surface area contributed by atoms with Crippen molar-refractivity contribution in [3.8, 4) is 0 Å². The molecule has 1 aromatic heterocycles. The van der Waals surface area contributed by atoms with Crippen molar-refractivity contribution in [3.05, 3.63) is 15.8 Å². The van der Waals surface area contributed by atoms with E-state index in [4.69, 9.17) is 5.73 Å². The normalized spacial score (nSPS) is 9.88. The van der Waals surface area contributed by atoms with E-state index >= 15 is 0 Å². The first-order chi connectivity index (χ1) is 7.54. The van der Waals surface area contributed by atoms with E-state index in [1.807, 2.05) is 6.92 Å². The molecule has 0 aromatic carbocycles. The number of ether oxygens (including phenoxy) is 1. The van der Waals surface area contributed by atoms with Gasteiger partial charge < -0.3 is 15.8 Å². The third kappa shape index (κ3) is 3.23. The lowest BCUT2D eigenvalue weighted by molar-refractivity contribution is -0.140. The smallest absolute Gasteiger partial charge is 0.307 e. The second-order valence-electron chi connectivity index (χ2n) is 3.20. The van der Waals surface area contributed by atoms with Gasteiger partial charge in [0.1, 0.15) is 0 Å². The van der Waals surface area contributed by atoms with Crippen molar-refractivity contribution in [2.24, 2.45) is 0 Å². The van der Waals surface area contributed by atoms with Gasteiger partial charge in [-0.15, -0.1) is 11.3 Å².